The number of methoxy groups -OCH3 is 2. The molecule has 178 valence electrons. The van der Waals surface area contributed by atoms with Gasteiger partial charge in [-0.1, -0.05) is 36.4 Å². The molecule has 0 saturated heterocycles. The Morgan fingerprint density at radius 3 is 2.29 bits per heavy atom. The average molecular weight is 470 g/mol. The van der Waals surface area contributed by atoms with Gasteiger partial charge in [0.25, 0.3) is 0 Å². The highest BCUT2D eigenvalue weighted by Crippen LogP contribution is 2.44. The van der Waals surface area contributed by atoms with Gasteiger partial charge in [0.1, 0.15) is 11.5 Å². The van der Waals surface area contributed by atoms with Gasteiger partial charge in [-0.2, -0.15) is 0 Å². The number of para-hydroxylation sites is 1. The number of ketones is 1. The number of amides is 1. The van der Waals surface area contributed by atoms with Crippen LogP contribution in [0.2, 0.25) is 0 Å². The van der Waals surface area contributed by atoms with Gasteiger partial charge < -0.3 is 19.5 Å². The number of carbonyl (C=O) groups is 2. The van der Waals surface area contributed by atoms with Crippen molar-refractivity contribution in [2.24, 2.45) is 0 Å². The van der Waals surface area contributed by atoms with Crippen molar-refractivity contribution in [1.82, 2.24) is 5.32 Å². The Balaban J connectivity index is 1.45. The van der Waals surface area contributed by atoms with Crippen molar-refractivity contribution in [3.05, 3.63) is 95.2 Å². The van der Waals surface area contributed by atoms with Crippen LogP contribution in [0.25, 0.3) is 0 Å². The van der Waals surface area contributed by atoms with Gasteiger partial charge in [-0.05, 0) is 59.9 Å². The second-order valence-corrected chi connectivity index (χ2v) is 8.83. The highest BCUT2D eigenvalue weighted by Gasteiger charge is 2.38. The molecule has 1 aliphatic heterocycles. The van der Waals surface area contributed by atoms with Crippen LogP contribution in [0.3, 0.4) is 0 Å². The Morgan fingerprint density at radius 1 is 0.743 bits per heavy atom. The van der Waals surface area contributed by atoms with Gasteiger partial charge in [0, 0.05) is 30.0 Å². The number of Topliss-reactive ketones (excluding diaryl/α,β-unsaturated/α-hetero) is 1. The van der Waals surface area contributed by atoms with Crippen molar-refractivity contribution >= 4 is 11.7 Å². The highest BCUT2D eigenvalue weighted by molar-refractivity contribution is 6.02. The average Bonchev–Trinajstić information content (AvgIpc) is 2.88. The molecule has 6 heteroatoms. The molecule has 2 aliphatic rings. The Kier molecular flexibility index (Phi) is 6.27. The first kappa shape index (κ1) is 22.7. The van der Waals surface area contributed by atoms with E-state index in [4.69, 9.17) is 14.2 Å². The minimum atomic E-state index is -0.295. The monoisotopic (exact) mass is 469 g/mol. The largest absolute Gasteiger partial charge is 0.493 e. The molecular weight excluding hydrogens is 442 g/mol. The summed E-state index contributed by atoms with van der Waals surface area (Å²) in [5, 5.41) is 2.99. The minimum Gasteiger partial charge on any atom is -0.493 e. The Bertz CT molecular complexity index is 1300. The van der Waals surface area contributed by atoms with E-state index in [1.54, 1.807) is 14.2 Å². The zero-order chi connectivity index (χ0) is 24.4. The molecule has 1 heterocycles. The number of benzene rings is 3. The predicted octanol–water partition coefficient (Wildman–Crippen LogP) is 5.50. The fraction of sp³-hybridized carbons (Fsp3) is 0.241. The highest BCUT2D eigenvalue weighted by atomic mass is 16.5. The molecule has 0 unspecified atom stereocenters. The quantitative estimate of drug-likeness (QED) is 0.516. The molecule has 0 saturated carbocycles. The summed E-state index contributed by atoms with van der Waals surface area (Å²) in [7, 11) is 3.19. The van der Waals surface area contributed by atoms with E-state index in [0.717, 1.165) is 22.6 Å². The fourth-order valence-corrected chi connectivity index (χ4v) is 5.01. The van der Waals surface area contributed by atoms with E-state index in [1.165, 1.54) is 0 Å². The van der Waals surface area contributed by atoms with Gasteiger partial charge in [0.15, 0.2) is 17.3 Å². The summed E-state index contributed by atoms with van der Waals surface area (Å²) in [6.45, 7) is 0. The zero-order valence-electron chi connectivity index (χ0n) is 19.7. The molecule has 1 N–H and O–H groups in total. The second kappa shape index (κ2) is 9.66. The van der Waals surface area contributed by atoms with Crippen molar-refractivity contribution in [3.8, 4) is 23.0 Å². The summed E-state index contributed by atoms with van der Waals surface area (Å²) in [6, 6.07) is 22.9. The number of hydrogen-bond donors (Lipinski definition) is 1. The van der Waals surface area contributed by atoms with E-state index < -0.39 is 0 Å². The smallest absolute Gasteiger partial charge is 0.225 e. The van der Waals surface area contributed by atoms with Crippen molar-refractivity contribution in [2.75, 3.05) is 14.2 Å². The Morgan fingerprint density at radius 2 is 1.51 bits per heavy atom. The van der Waals surface area contributed by atoms with Crippen LogP contribution < -0.4 is 19.5 Å². The summed E-state index contributed by atoms with van der Waals surface area (Å²) < 4.78 is 16.8. The second-order valence-electron chi connectivity index (χ2n) is 8.83. The first-order valence-corrected chi connectivity index (χ1v) is 11.7. The minimum absolute atomic E-state index is 0.0483. The third kappa shape index (κ3) is 4.64. The standard InChI is InChI=1S/C29H27NO5/c1-33-26-12-11-18(16-27(26)34-2)20-14-24-29(25(31)15-20)23(17-28(32)30-24)19-7-6-10-22(13-19)35-21-8-4-3-5-9-21/h3-13,16,20,23H,14-15,17H2,1-2H3,(H,30,32)/t20-,23+/m1/s1. The summed E-state index contributed by atoms with van der Waals surface area (Å²) >= 11 is 0. The number of carbonyl (C=O) groups excluding carboxylic acids is 2. The Hall–Kier alpha value is -4.06. The van der Waals surface area contributed by atoms with Crippen molar-refractivity contribution in [1.29, 1.82) is 0 Å². The number of nitrogens with one attached hydrogen (secondary N) is 1. The maximum Gasteiger partial charge on any atom is 0.225 e. The van der Waals surface area contributed by atoms with E-state index in [0.29, 0.717) is 35.7 Å². The van der Waals surface area contributed by atoms with Crippen LogP contribution in [0.5, 0.6) is 23.0 Å². The van der Waals surface area contributed by atoms with E-state index in [2.05, 4.69) is 5.32 Å². The summed E-state index contributed by atoms with van der Waals surface area (Å²) in [5.74, 6) is 2.31. The molecule has 0 spiro atoms. The van der Waals surface area contributed by atoms with Crippen molar-refractivity contribution in [3.63, 3.8) is 0 Å². The van der Waals surface area contributed by atoms with Gasteiger partial charge in [-0.3, -0.25) is 9.59 Å². The predicted molar refractivity (Wildman–Crippen MR) is 132 cm³/mol. The summed E-state index contributed by atoms with van der Waals surface area (Å²) in [4.78, 5) is 26.1. The molecule has 3 aromatic carbocycles. The molecule has 2 atom stereocenters. The van der Waals surface area contributed by atoms with Gasteiger partial charge in [-0.15, -0.1) is 0 Å². The number of ether oxygens (including phenoxy) is 3. The zero-order valence-corrected chi connectivity index (χ0v) is 19.7. The summed E-state index contributed by atoms with van der Waals surface area (Å²) in [6.07, 6.45) is 1.19. The van der Waals surface area contributed by atoms with Crippen LogP contribution in [0.15, 0.2) is 84.1 Å². The van der Waals surface area contributed by atoms with E-state index >= 15 is 0 Å². The molecule has 5 rings (SSSR count). The van der Waals surface area contributed by atoms with Gasteiger partial charge in [0.05, 0.1) is 14.2 Å². The van der Waals surface area contributed by atoms with Crippen molar-refractivity contribution < 1.29 is 23.8 Å². The third-order valence-electron chi connectivity index (χ3n) is 6.65. The van der Waals surface area contributed by atoms with E-state index in [9.17, 15) is 9.59 Å². The van der Waals surface area contributed by atoms with Crippen LogP contribution in [0, 0.1) is 0 Å². The summed E-state index contributed by atoms with van der Waals surface area (Å²) in [5.41, 5.74) is 3.31. The van der Waals surface area contributed by atoms with E-state index in [-0.39, 0.29) is 29.9 Å². The van der Waals surface area contributed by atoms with Crippen molar-refractivity contribution in [2.45, 2.75) is 31.1 Å². The number of hydrogen-bond acceptors (Lipinski definition) is 5. The molecule has 0 radical (unpaired) electrons. The van der Waals surface area contributed by atoms with Gasteiger partial charge in [-0.25, -0.2) is 0 Å². The molecule has 1 aliphatic carbocycles. The number of allylic oxidation sites excluding steroid dienone is 2. The SMILES string of the molecule is COc1ccc([C@H]2CC(=O)C3=C(C2)NC(=O)C[C@H]3c2cccc(Oc3ccccc3)c2)cc1OC. The molecule has 0 bridgehead atoms. The Labute approximate surface area is 204 Å². The van der Waals surface area contributed by atoms with Crippen LogP contribution in [-0.4, -0.2) is 25.9 Å². The molecule has 3 aromatic rings. The van der Waals surface area contributed by atoms with Crippen LogP contribution in [0.1, 0.15) is 42.2 Å². The normalized spacial score (nSPS) is 19.6. The fourth-order valence-electron chi connectivity index (χ4n) is 5.01. The first-order chi connectivity index (χ1) is 17.1. The van der Waals surface area contributed by atoms with Gasteiger partial charge >= 0.3 is 0 Å². The van der Waals surface area contributed by atoms with Crippen LogP contribution in [-0.2, 0) is 9.59 Å². The molecule has 0 aromatic heterocycles. The molecule has 1 amide bonds. The maximum absolute atomic E-state index is 13.5. The van der Waals surface area contributed by atoms with Crippen LogP contribution in [0.4, 0.5) is 0 Å². The lowest BCUT2D eigenvalue weighted by molar-refractivity contribution is -0.122. The molecule has 35 heavy (non-hydrogen) atoms. The maximum atomic E-state index is 13.5. The van der Waals surface area contributed by atoms with Gasteiger partial charge in [0.2, 0.25) is 5.91 Å². The lowest BCUT2D eigenvalue weighted by Crippen LogP contribution is -2.38. The topological polar surface area (TPSA) is 73.9 Å². The first-order valence-electron chi connectivity index (χ1n) is 11.7. The number of rotatable bonds is 6. The van der Waals surface area contributed by atoms with Crippen LogP contribution >= 0.6 is 0 Å². The van der Waals surface area contributed by atoms with E-state index in [1.807, 2.05) is 72.8 Å². The third-order valence-corrected chi connectivity index (χ3v) is 6.65. The molecule has 6 nitrogen and oxygen atoms in total. The lowest BCUT2D eigenvalue weighted by Gasteiger charge is -2.34. The lowest BCUT2D eigenvalue weighted by atomic mass is 9.73. The molecule has 0 fully saturated rings. The molecular formula is C29H27NO5.